The second kappa shape index (κ2) is 5.42. The standard InChI is InChI=1S/C12H17NS/c1-2-5-11(6-3-1)7-8-12-13-9-4-10-14-12/h1-3,5-6,12-13H,4,7-10H2. The van der Waals surface area contributed by atoms with Gasteiger partial charge in [0.05, 0.1) is 5.37 Å². The van der Waals surface area contributed by atoms with Crippen molar-refractivity contribution in [1.29, 1.82) is 0 Å². The Balaban J connectivity index is 1.76. The molecule has 0 amide bonds. The van der Waals surface area contributed by atoms with E-state index in [2.05, 4.69) is 47.4 Å². The van der Waals surface area contributed by atoms with Gasteiger partial charge in [0.25, 0.3) is 0 Å². The lowest BCUT2D eigenvalue weighted by molar-refractivity contribution is 0.587. The van der Waals surface area contributed by atoms with Crippen LogP contribution in [0.1, 0.15) is 18.4 Å². The molecule has 1 unspecified atom stereocenters. The van der Waals surface area contributed by atoms with E-state index in [9.17, 15) is 0 Å². The van der Waals surface area contributed by atoms with E-state index >= 15 is 0 Å². The van der Waals surface area contributed by atoms with Crippen LogP contribution in [0.4, 0.5) is 0 Å². The molecule has 0 saturated carbocycles. The van der Waals surface area contributed by atoms with Crippen LogP contribution in [0.5, 0.6) is 0 Å². The van der Waals surface area contributed by atoms with Gasteiger partial charge >= 0.3 is 0 Å². The Morgan fingerprint density at radius 3 is 2.86 bits per heavy atom. The highest BCUT2D eigenvalue weighted by Gasteiger charge is 2.11. The number of aryl methyl sites for hydroxylation is 1. The minimum atomic E-state index is 0.684. The average Bonchev–Trinajstić information content (AvgIpc) is 2.29. The van der Waals surface area contributed by atoms with E-state index in [1.807, 2.05) is 0 Å². The van der Waals surface area contributed by atoms with E-state index in [-0.39, 0.29) is 0 Å². The molecule has 1 aliphatic heterocycles. The monoisotopic (exact) mass is 207 g/mol. The summed E-state index contributed by atoms with van der Waals surface area (Å²) >= 11 is 2.07. The Hall–Kier alpha value is -0.470. The summed E-state index contributed by atoms with van der Waals surface area (Å²) in [5.41, 5.74) is 1.46. The number of hydrogen-bond acceptors (Lipinski definition) is 2. The lowest BCUT2D eigenvalue weighted by atomic mass is 10.1. The molecule has 1 nitrogen and oxygen atoms in total. The van der Waals surface area contributed by atoms with Crippen molar-refractivity contribution in [3.8, 4) is 0 Å². The summed E-state index contributed by atoms with van der Waals surface area (Å²) in [5.74, 6) is 1.33. The predicted molar refractivity (Wildman–Crippen MR) is 63.6 cm³/mol. The molecule has 2 heteroatoms. The smallest absolute Gasteiger partial charge is 0.0535 e. The zero-order valence-corrected chi connectivity index (χ0v) is 9.22. The van der Waals surface area contributed by atoms with E-state index in [1.165, 1.54) is 37.1 Å². The van der Waals surface area contributed by atoms with Gasteiger partial charge in [-0.2, -0.15) is 0 Å². The molecule has 1 atom stereocenters. The summed E-state index contributed by atoms with van der Waals surface area (Å²) in [6.07, 6.45) is 3.78. The van der Waals surface area contributed by atoms with Crippen LogP contribution < -0.4 is 5.32 Å². The summed E-state index contributed by atoms with van der Waals surface area (Å²) in [6.45, 7) is 1.20. The zero-order chi connectivity index (χ0) is 9.64. The molecule has 1 aromatic rings. The molecule has 1 aromatic carbocycles. The van der Waals surface area contributed by atoms with Gasteiger partial charge in [-0.25, -0.2) is 0 Å². The fourth-order valence-electron chi connectivity index (χ4n) is 1.75. The van der Waals surface area contributed by atoms with Gasteiger partial charge < -0.3 is 5.32 Å². The van der Waals surface area contributed by atoms with Gasteiger partial charge in [-0.1, -0.05) is 30.3 Å². The van der Waals surface area contributed by atoms with E-state index in [0.717, 1.165) is 0 Å². The molecular formula is C12H17NS. The molecule has 0 radical (unpaired) electrons. The molecule has 2 rings (SSSR count). The predicted octanol–water partition coefficient (Wildman–Crippen LogP) is 2.67. The quantitative estimate of drug-likeness (QED) is 0.818. The Bertz CT molecular complexity index is 254. The number of benzene rings is 1. The van der Waals surface area contributed by atoms with Crippen molar-refractivity contribution in [2.45, 2.75) is 24.6 Å². The van der Waals surface area contributed by atoms with Crippen LogP contribution in [-0.2, 0) is 6.42 Å². The molecule has 1 fully saturated rings. The Morgan fingerprint density at radius 1 is 1.29 bits per heavy atom. The van der Waals surface area contributed by atoms with Crippen molar-refractivity contribution >= 4 is 11.8 Å². The SMILES string of the molecule is c1ccc(CCC2NCCCS2)cc1. The highest BCUT2D eigenvalue weighted by Crippen LogP contribution is 2.19. The first kappa shape index (κ1) is 10.1. The van der Waals surface area contributed by atoms with Crippen molar-refractivity contribution in [3.05, 3.63) is 35.9 Å². The number of nitrogens with one attached hydrogen (secondary N) is 1. The molecule has 0 aromatic heterocycles. The van der Waals surface area contributed by atoms with Crippen LogP contribution in [0.15, 0.2) is 30.3 Å². The molecule has 1 aliphatic rings. The summed E-state index contributed by atoms with van der Waals surface area (Å²) in [7, 11) is 0. The third kappa shape index (κ3) is 3.03. The lowest BCUT2D eigenvalue weighted by Gasteiger charge is -2.22. The first-order valence-corrected chi connectivity index (χ1v) is 6.39. The number of thioether (sulfide) groups is 1. The van der Waals surface area contributed by atoms with E-state index in [4.69, 9.17) is 0 Å². The highest BCUT2D eigenvalue weighted by molar-refractivity contribution is 7.99. The normalized spacial score (nSPS) is 22.1. The lowest BCUT2D eigenvalue weighted by Crippen LogP contribution is -2.32. The van der Waals surface area contributed by atoms with E-state index in [0.29, 0.717) is 5.37 Å². The molecular weight excluding hydrogens is 190 g/mol. The largest absolute Gasteiger partial charge is 0.305 e. The number of rotatable bonds is 3. The van der Waals surface area contributed by atoms with Crippen LogP contribution in [-0.4, -0.2) is 17.7 Å². The van der Waals surface area contributed by atoms with Gasteiger partial charge in [-0.15, -0.1) is 11.8 Å². The fraction of sp³-hybridized carbons (Fsp3) is 0.500. The minimum absolute atomic E-state index is 0.684. The van der Waals surface area contributed by atoms with Crippen LogP contribution in [0.25, 0.3) is 0 Å². The van der Waals surface area contributed by atoms with Crippen LogP contribution >= 0.6 is 11.8 Å². The number of hydrogen-bond donors (Lipinski definition) is 1. The third-order valence-corrected chi connectivity index (χ3v) is 3.88. The molecule has 0 spiro atoms. The average molecular weight is 207 g/mol. The minimum Gasteiger partial charge on any atom is -0.305 e. The van der Waals surface area contributed by atoms with Gasteiger partial charge in [-0.3, -0.25) is 0 Å². The Labute approximate surface area is 90.3 Å². The maximum atomic E-state index is 3.55. The van der Waals surface area contributed by atoms with E-state index < -0.39 is 0 Å². The van der Waals surface area contributed by atoms with E-state index in [1.54, 1.807) is 0 Å². The van der Waals surface area contributed by atoms with Crippen molar-refractivity contribution in [2.24, 2.45) is 0 Å². The summed E-state index contributed by atoms with van der Waals surface area (Å²) in [6, 6.07) is 10.8. The van der Waals surface area contributed by atoms with Crippen molar-refractivity contribution in [2.75, 3.05) is 12.3 Å². The maximum Gasteiger partial charge on any atom is 0.0535 e. The highest BCUT2D eigenvalue weighted by atomic mass is 32.2. The third-order valence-electron chi connectivity index (χ3n) is 2.55. The summed E-state index contributed by atoms with van der Waals surface area (Å²) < 4.78 is 0. The van der Waals surface area contributed by atoms with Gasteiger partial charge in [-0.05, 0) is 37.1 Å². The van der Waals surface area contributed by atoms with Crippen molar-refractivity contribution in [1.82, 2.24) is 5.32 Å². The van der Waals surface area contributed by atoms with Crippen molar-refractivity contribution in [3.63, 3.8) is 0 Å². The first-order valence-electron chi connectivity index (χ1n) is 5.34. The topological polar surface area (TPSA) is 12.0 Å². The van der Waals surface area contributed by atoms with Gasteiger partial charge in [0.2, 0.25) is 0 Å². The van der Waals surface area contributed by atoms with Crippen LogP contribution in [0.2, 0.25) is 0 Å². The molecule has 1 saturated heterocycles. The Morgan fingerprint density at radius 2 is 2.14 bits per heavy atom. The summed E-state index contributed by atoms with van der Waals surface area (Å²) in [4.78, 5) is 0. The maximum absolute atomic E-state index is 3.55. The van der Waals surface area contributed by atoms with Gasteiger partial charge in [0.1, 0.15) is 0 Å². The van der Waals surface area contributed by atoms with Crippen LogP contribution in [0.3, 0.4) is 0 Å². The first-order chi connectivity index (χ1) is 6.95. The molecule has 14 heavy (non-hydrogen) atoms. The summed E-state index contributed by atoms with van der Waals surface area (Å²) in [5, 5.41) is 4.24. The molecule has 0 aliphatic carbocycles. The fourth-order valence-corrected chi connectivity index (χ4v) is 2.86. The second-order valence-corrected chi connectivity index (χ2v) is 5.00. The molecule has 1 N–H and O–H groups in total. The van der Waals surface area contributed by atoms with Gasteiger partial charge in [0, 0.05) is 0 Å². The second-order valence-electron chi connectivity index (χ2n) is 3.69. The Kier molecular flexibility index (Phi) is 3.90. The molecule has 1 heterocycles. The molecule has 76 valence electrons. The molecule has 0 bridgehead atoms. The zero-order valence-electron chi connectivity index (χ0n) is 8.41. The van der Waals surface area contributed by atoms with Crippen molar-refractivity contribution < 1.29 is 0 Å². The van der Waals surface area contributed by atoms with Crippen LogP contribution in [0, 0.1) is 0 Å². The van der Waals surface area contributed by atoms with Gasteiger partial charge in [0.15, 0.2) is 0 Å².